The zero-order chi connectivity index (χ0) is 18.0. The minimum Gasteiger partial charge on any atom is -0.395 e. The first-order valence-corrected chi connectivity index (χ1v) is 9.02. The molecular formula is C14H16ClF3N2O3S. The van der Waals surface area contributed by atoms with Crippen LogP contribution in [-0.2, 0) is 14.9 Å². The standard InChI is InChI=1S/C14H16ClF3N2O3S/c1-9(19-23-8-10-3-2-4-10)12-7-11(15)5-6-13(12)20-24(21,22)14(16,17)18/h5-7,10,20H,2-4,8H2,1H3/b19-9+. The van der Waals surface area contributed by atoms with Crippen molar-refractivity contribution in [1.82, 2.24) is 0 Å². The molecule has 0 radical (unpaired) electrons. The molecule has 1 aliphatic carbocycles. The molecule has 1 aliphatic rings. The summed E-state index contributed by atoms with van der Waals surface area (Å²) in [5.74, 6) is 0.434. The Balaban J connectivity index is 2.21. The molecule has 0 unspecified atom stereocenters. The van der Waals surface area contributed by atoms with E-state index in [0.717, 1.165) is 25.3 Å². The van der Waals surface area contributed by atoms with E-state index in [4.69, 9.17) is 16.4 Å². The minimum atomic E-state index is -5.54. The van der Waals surface area contributed by atoms with Crippen LogP contribution in [0.5, 0.6) is 0 Å². The van der Waals surface area contributed by atoms with Crippen LogP contribution in [0.15, 0.2) is 23.4 Å². The maximum atomic E-state index is 12.5. The fraction of sp³-hybridized carbons (Fsp3) is 0.500. The van der Waals surface area contributed by atoms with E-state index in [1.807, 2.05) is 0 Å². The second-order valence-electron chi connectivity index (χ2n) is 5.51. The molecule has 1 aromatic rings. The SMILES string of the molecule is C/C(=N\OCC1CCC1)c1cc(Cl)ccc1NS(=O)(=O)C(F)(F)F. The largest absolute Gasteiger partial charge is 0.516 e. The van der Waals surface area contributed by atoms with E-state index < -0.39 is 15.5 Å². The van der Waals surface area contributed by atoms with E-state index in [1.54, 1.807) is 0 Å². The van der Waals surface area contributed by atoms with Gasteiger partial charge in [-0.05, 0) is 43.9 Å². The second-order valence-corrected chi connectivity index (χ2v) is 7.62. The van der Waals surface area contributed by atoms with Crippen molar-refractivity contribution in [2.75, 3.05) is 11.3 Å². The van der Waals surface area contributed by atoms with Crippen LogP contribution in [0.25, 0.3) is 0 Å². The lowest BCUT2D eigenvalue weighted by atomic mass is 9.86. The van der Waals surface area contributed by atoms with Crippen LogP contribution in [0.1, 0.15) is 31.7 Å². The number of nitrogens with one attached hydrogen (secondary N) is 1. The molecule has 0 atom stereocenters. The van der Waals surface area contributed by atoms with Gasteiger partial charge in [-0.15, -0.1) is 0 Å². The van der Waals surface area contributed by atoms with Crippen molar-refractivity contribution in [1.29, 1.82) is 0 Å². The number of rotatable bonds is 6. The summed E-state index contributed by atoms with van der Waals surface area (Å²) in [4.78, 5) is 5.19. The van der Waals surface area contributed by atoms with Crippen LogP contribution < -0.4 is 4.72 Å². The van der Waals surface area contributed by atoms with Crippen LogP contribution in [0.3, 0.4) is 0 Å². The Morgan fingerprint density at radius 2 is 2.08 bits per heavy atom. The van der Waals surface area contributed by atoms with E-state index in [2.05, 4.69) is 5.16 Å². The van der Waals surface area contributed by atoms with Crippen LogP contribution in [0.4, 0.5) is 18.9 Å². The topological polar surface area (TPSA) is 67.8 Å². The Labute approximate surface area is 142 Å². The molecule has 24 heavy (non-hydrogen) atoms. The molecule has 1 N–H and O–H groups in total. The molecule has 0 aliphatic heterocycles. The summed E-state index contributed by atoms with van der Waals surface area (Å²) in [7, 11) is -5.54. The van der Waals surface area contributed by atoms with Gasteiger partial charge in [0.2, 0.25) is 0 Å². The van der Waals surface area contributed by atoms with Gasteiger partial charge in [-0.3, -0.25) is 4.72 Å². The Morgan fingerprint density at radius 1 is 1.42 bits per heavy atom. The third-order valence-corrected chi connectivity index (χ3v) is 4.99. The number of benzene rings is 1. The molecule has 0 bridgehead atoms. The highest BCUT2D eigenvalue weighted by molar-refractivity contribution is 7.93. The van der Waals surface area contributed by atoms with Gasteiger partial charge in [0, 0.05) is 10.6 Å². The highest BCUT2D eigenvalue weighted by Gasteiger charge is 2.46. The van der Waals surface area contributed by atoms with Gasteiger partial charge in [0.05, 0.1) is 11.4 Å². The number of halogens is 4. The average molecular weight is 385 g/mol. The fourth-order valence-electron chi connectivity index (χ4n) is 2.06. The highest BCUT2D eigenvalue weighted by atomic mass is 35.5. The number of oxime groups is 1. The number of hydrogen-bond acceptors (Lipinski definition) is 4. The molecule has 0 heterocycles. The van der Waals surface area contributed by atoms with Gasteiger partial charge in [-0.25, -0.2) is 0 Å². The highest BCUT2D eigenvalue weighted by Crippen LogP contribution is 2.29. The maximum Gasteiger partial charge on any atom is 0.516 e. The van der Waals surface area contributed by atoms with Crippen molar-refractivity contribution in [2.45, 2.75) is 31.7 Å². The van der Waals surface area contributed by atoms with Crippen molar-refractivity contribution in [2.24, 2.45) is 11.1 Å². The van der Waals surface area contributed by atoms with Crippen LogP contribution in [0.2, 0.25) is 5.02 Å². The Bertz CT molecular complexity index is 731. The summed E-state index contributed by atoms with van der Waals surface area (Å²) in [6.07, 6.45) is 3.26. The van der Waals surface area contributed by atoms with E-state index in [1.165, 1.54) is 23.8 Å². The van der Waals surface area contributed by atoms with E-state index in [9.17, 15) is 21.6 Å². The third-order valence-electron chi connectivity index (χ3n) is 3.66. The Kier molecular flexibility index (Phi) is 5.64. The molecule has 0 saturated heterocycles. The van der Waals surface area contributed by atoms with Crippen molar-refractivity contribution in [3.05, 3.63) is 28.8 Å². The second kappa shape index (κ2) is 7.18. The quantitative estimate of drug-likeness (QED) is 0.592. The van der Waals surface area contributed by atoms with Gasteiger partial charge in [0.25, 0.3) is 0 Å². The smallest absolute Gasteiger partial charge is 0.395 e. The molecule has 10 heteroatoms. The zero-order valence-corrected chi connectivity index (χ0v) is 14.3. The van der Waals surface area contributed by atoms with Gasteiger partial charge >= 0.3 is 15.5 Å². The normalized spacial score (nSPS) is 16.6. The predicted molar refractivity (Wildman–Crippen MR) is 85.6 cm³/mol. The van der Waals surface area contributed by atoms with Crippen LogP contribution in [0, 0.1) is 5.92 Å². The van der Waals surface area contributed by atoms with Crippen molar-refractivity contribution in [3.63, 3.8) is 0 Å². The lowest BCUT2D eigenvalue weighted by Crippen LogP contribution is -2.30. The molecule has 2 rings (SSSR count). The number of alkyl halides is 3. The summed E-state index contributed by atoms with van der Waals surface area (Å²) in [5, 5.41) is 4.08. The lowest BCUT2D eigenvalue weighted by molar-refractivity contribution is -0.0429. The Hall–Kier alpha value is -1.48. The van der Waals surface area contributed by atoms with Crippen molar-refractivity contribution in [3.8, 4) is 0 Å². The molecule has 1 saturated carbocycles. The molecule has 1 fully saturated rings. The van der Waals surface area contributed by atoms with Crippen molar-refractivity contribution < 1.29 is 26.4 Å². The average Bonchev–Trinajstić information content (AvgIpc) is 2.41. The lowest BCUT2D eigenvalue weighted by Gasteiger charge is -2.23. The first-order chi connectivity index (χ1) is 11.1. The number of sulfonamides is 1. The molecule has 0 amide bonds. The summed E-state index contributed by atoms with van der Waals surface area (Å²) < 4.78 is 61.7. The maximum absolute atomic E-state index is 12.5. The van der Waals surface area contributed by atoms with E-state index >= 15 is 0 Å². The summed E-state index contributed by atoms with van der Waals surface area (Å²) in [6, 6.07) is 3.75. The molecule has 134 valence electrons. The molecular weight excluding hydrogens is 369 g/mol. The van der Waals surface area contributed by atoms with Crippen LogP contribution >= 0.6 is 11.6 Å². The first-order valence-electron chi connectivity index (χ1n) is 7.16. The van der Waals surface area contributed by atoms with Crippen LogP contribution in [-0.4, -0.2) is 26.2 Å². The van der Waals surface area contributed by atoms with E-state index in [-0.39, 0.29) is 22.0 Å². The third kappa shape index (κ3) is 4.54. The Morgan fingerprint density at radius 3 is 2.62 bits per heavy atom. The molecule has 1 aromatic carbocycles. The molecule has 0 aromatic heterocycles. The predicted octanol–water partition coefficient (Wildman–Crippen LogP) is 4.14. The summed E-state index contributed by atoms with van der Waals surface area (Å²) in [5.41, 5.74) is -5.36. The van der Waals surface area contributed by atoms with Gasteiger partial charge in [-0.2, -0.15) is 21.6 Å². The fourth-order valence-corrected chi connectivity index (χ4v) is 2.81. The van der Waals surface area contributed by atoms with Gasteiger partial charge in [-0.1, -0.05) is 23.2 Å². The zero-order valence-electron chi connectivity index (χ0n) is 12.7. The van der Waals surface area contributed by atoms with Gasteiger partial charge in [0.1, 0.15) is 6.61 Å². The number of nitrogens with zero attached hydrogens (tertiary/aromatic N) is 1. The van der Waals surface area contributed by atoms with E-state index in [0.29, 0.717) is 12.5 Å². The minimum absolute atomic E-state index is 0.115. The first kappa shape index (κ1) is 18.9. The van der Waals surface area contributed by atoms with Gasteiger partial charge < -0.3 is 4.84 Å². The number of anilines is 1. The van der Waals surface area contributed by atoms with Crippen molar-refractivity contribution >= 4 is 33.0 Å². The van der Waals surface area contributed by atoms with Gasteiger partial charge in [0.15, 0.2) is 0 Å². The monoisotopic (exact) mass is 384 g/mol. The summed E-state index contributed by atoms with van der Waals surface area (Å²) in [6.45, 7) is 1.92. The summed E-state index contributed by atoms with van der Waals surface area (Å²) >= 11 is 5.84. The molecule has 0 spiro atoms. The molecule has 5 nitrogen and oxygen atoms in total. The number of hydrogen-bond donors (Lipinski definition) is 1.